The number of fused-ring (bicyclic) bond motifs is 1. The molecule has 1 aliphatic heterocycles. The van der Waals surface area contributed by atoms with Crippen LogP contribution in [0, 0.1) is 5.92 Å². The predicted octanol–water partition coefficient (Wildman–Crippen LogP) is 4.91. The summed E-state index contributed by atoms with van der Waals surface area (Å²) >= 11 is 0. The topological polar surface area (TPSA) is 41.1 Å². The van der Waals surface area contributed by atoms with Crippen LogP contribution in [-0.2, 0) is 0 Å². The van der Waals surface area contributed by atoms with Crippen LogP contribution in [0.1, 0.15) is 63.7 Å². The molecule has 0 saturated carbocycles. The van der Waals surface area contributed by atoms with Crippen LogP contribution in [0.5, 0.6) is 0 Å². The normalized spacial score (nSPS) is 28.8. The van der Waals surface area contributed by atoms with Crippen LogP contribution in [-0.4, -0.2) is 23.5 Å². The summed E-state index contributed by atoms with van der Waals surface area (Å²) < 4.78 is 0. The third-order valence-corrected chi connectivity index (χ3v) is 6.54. The molecule has 3 heteroatoms. The number of rotatable bonds is 5. The van der Waals surface area contributed by atoms with Gasteiger partial charge in [0.1, 0.15) is 0 Å². The van der Waals surface area contributed by atoms with E-state index in [2.05, 4.69) is 38.3 Å². The zero-order chi connectivity index (χ0) is 18.8. The summed E-state index contributed by atoms with van der Waals surface area (Å²) in [5.41, 5.74) is 1.03. The molecule has 1 heterocycles. The maximum atomic E-state index is 12.7. The minimum atomic E-state index is 0.0211. The molecule has 1 saturated heterocycles. The quantitative estimate of drug-likeness (QED) is 0.803. The maximum absolute atomic E-state index is 12.7. The van der Waals surface area contributed by atoms with Crippen LogP contribution in [0.15, 0.2) is 42.5 Å². The van der Waals surface area contributed by atoms with Crippen molar-refractivity contribution in [3.05, 3.63) is 48.0 Å². The molecule has 2 aromatic rings. The van der Waals surface area contributed by atoms with E-state index in [1.54, 1.807) is 0 Å². The molecular formula is C23H32N2O. The van der Waals surface area contributed by atoms with E-state index in [9.17, 15) is 4.79 Å². The highest BCUT2D eigenvalue weighted by atomic mass is 16.1. The van der Waals surface area contributed by atoms with Gasteiger partial charge in [0.2, 0.25) is 0 Å². The molecule has 3 rings (SSSR count). The van der Waals surface area contributed by atoms with Crippen molar-refractivity contribution in [3.63, 3.8) is 0 Å². The van der Waals surface area contributed by atoms with Crippen LogP contribution in [0.25, 0.3) is 10.8 Å². The van der Waals surface area contributed by atoms with Gasteiger partial charge in [-0.25, -0.2) is 0 Å². The number of amides is 1. The molecule has 1 amide bonds. The van der Waals surface area contributed by atoms with E-state index in [-0.39, 0.29) is 17.0 Å². The lowest BCUT2D eigenvalue weighted by molar-refractivity contribution is 0.0846. The minimum absolute atomic E-state index is 0.0211. The van der Waals surface area contributed by atoms with Gasteiger partial charge in [-0.3, -0.25) is 4.79 Å². The van der Waals surface area contributed by atoms with Gasteiger partial charge in [0.25, 0.3) is 5.91 Å². The van der Waals surface area contributed by atoms with Crippen LogP contribution in [0.2, 0.25) is 0 Å². The summed E-state index contributed by atoms with van der Waals surface area (Å²) in [4.78, 5) is 12.7. The van der Waals surface area contributed by atoms with E-state index in [4.69, 9.17) is 0 Å². The Morgan fingerprint density at radius 3 is 2.69 bits per heavy atom. The number of carbonyl (C=O) groups excluding carboxylic acids is 1. The number of nitrogens with one attached hydrogen (secondary N) is 2. The zero-order valence-electron chi connectivity index (χ0n) is 16.6. The molecule has 0 aromatic heterocycles. The van der Waals surface area contributed by atoms with Crippen molar-refractivity contribution in [2.75, 3.05) is 6.54 Å². The van der Waals surface area contributed by atoms with Crippen molar-refractivity contribution in [2.24, 2.45) is 5.92 Å². The molecule has 26 heavy (non-hydrogen) atoms. The van der Waals surface area contributed by atoms with Crippen molar-refractivity contribution < 1.29 is 4.79 Å². The first-order valence-electron chi connectivity index (χ1n) is 9.92. The van der Waals surface area contributed by atoms with Crippen molar-refractivity contribution in [2.45, 2.75) is 64.5 Å². The van der Waals surface area contributed by atoms with E-state index in [0.29, 0.717) is 12.5 Å². The molecular weight excluding hydrogens is 320 g/mol. The van der Waals surface area contributed by atoms with Crippen LogP contribution < -0.4 is 10.6 Å². The van der Waals surface area contributed by atoms with Gasteiger partial charge in [0, 0.05) is 23.2 Å². The molecule has 3 unspecified atom stereocenters. The number of hydrogen-bond acceptors (Lipinski definition) is 2. The van der Waals surface area contributed by atoms with Gasteiger partial charge >= 0.3 is 0 Å². The van der Waals surface area contributed by atoms with Gasteiger partial charge < -0.3 is 10.6 Å². The highest BCUT2D eigenvalue weighted by Crippen LogP contribution is 2.36. The minimum Gasteiger partial charge on any atom is -0.352 e. The number of piperidine rings is 1. The SMILES string of the molecule is CCC1(C)NC(C)(CCNC(=O)c2cccc3ccccc23)CCC1C. The Kier molecular flexibility index (Phi) is 5.38. The van der Waals surface area contributed by atoms with E-state index in [1.807, 2.05) is 42.5 Å². The molecule has 0 aliphatic carbocycles. The Morgan fingerprint density at radius 1 is 1.19 bits per heavy atom. The molecule has 0 spiro atoms. The molecule has 2 aromatic carbocycles. The fraction of sp³-hybridized carbons (Fsp3) is 0.522. The fourth-order valence-electron chi connectivity index (χ4n) is 4.32. The van der Waals surface area contributed by atoms with E-state index in [1.165, 1.54) is 6.42 Å². The number of carbonyl (C=O) groups is 1. The standard InChI is InChI=1S/C23H32N2O/c1-5-23(4)17(2)13-14-22(3,25-23)15-16-24-21(26)20-12-8-10-18-9-6-7-11-19(18)20/h6-12,17,25H,5,13-16H2,1-4H3,(H,24,26). The van der Waals surface area contributed by atoms with Crippen molar-refractivity contribution in [1.82, 2.24) is 10.6 Å². The molecule has 0 bridgehead atoms. The van der Waals surface area contributed by atoms with Gasteiger partial charge in [0.05, 0.1) is 0 Å². The number of hydrogen-bond donors (Lipinski definition) is 2. The molecule has 1 aliphatic rings. The molecule has 3 atom stereocenters. The Morgan fingerprint density at radius 2 is 1.92 bits per heavy atom. The first-order chi connectivity index (χ1) is 12.4. The summed E-state index contributed by atoms with van der Waals surface area (Å²) in [6.07, 6.45) is 4.48. The summed E-state index contributed by atoms with van der Waals surface area (Å²) in [7, 11) is 0. The average molecular weight is 353 g/mol. The van der Waals surface area contributed by atoms with Gasteiger partial charge in [-0.05, 0) is 62.3 Å². The smallest absolute Gasteiger partial charge is 0.251 e. The van der Waals surface area contributed by atoms with Crippen LogP contribution >= 0.6 is 0 Å². The largest absolute Gasteiger partial charge is 0.352 e. The predicted molar refractivity (Wildman–Crippen MR) is 110 cm³/mol. The van der Waals surface area contributed by atoms with Gasteiger partial charge in [-0.15, -0.1) is 0 Å². The lowest BCUT2D eigenvalue weighted by Gasteiger charge is -2.50. The first-order valence-corrected chi connectivity index (χ1v) is 9.92. The lowest BCUT2D eigenvalue weighted by Crippen LogP contribution is -2.62. The Bertz CT molecular complexity index is 781. The highest BCUT2D eigenvalue weighted by Gasteiger charge is 2.41. The van der Waals surface area contributed by atoms with E-state index in [0.717, 1.165) is 35.6 Å². The fourth-order valence-corrected chi connectivity index (χ4v) is 4.32. The molecule has 140 valence electrons. The second-order valence-electron chi connectivity index (χ2n) is 8.43. The maximum Gasteiger partial charge on any atom is 0.251 e. The van der Waals surface area contributed by atoms with Crippen LogP contribution in [0.4, 0.5) is 0 Å². The van der Waals surface area contributed by atoms with Crippen molar-refractivity contribution in [3.8, 4) is 0 Å². The monoisotopic (exact) mass is 352 g/mol. The van der Waals surface area contributed by atoms with Crippen molar-refractivity contribution >= 4 is 16.7 Å². The van der Waals surface area contributed by atoms with E-state index < -0.39 is 0 Å². The summed E-state index contributed by atoms with van der Waals surface area (Å²) in [5.74, 6) is 0.707. The average Bonchev–Trinajstić information content (AvgIpc) is 2.64. The lowest BCUT2D eigenvalue weighted by atomic mass is 9.72. The zero-order valence-corrected chi connectivity index (χ0v) is 16.6. The second-order valence-corrected chi connectivity index (χ2v) is 8.43. The first kappa shape index (κ1) is 18.9. The van der Waals surface area contributed by atoms with E-state index >= 15 is 0 Å². The Balaban J connectivity index is 1.63. The Hall–Kier alpha value is -1.87. The highest BCUT2D eigenvalue weighted by molar-refractivity contribution is 6.06. The van der Waals surface area contributed by atoms with Crippen LogP contribution in [0.3, 0.4) is 0 Å². The summed E-state index contributed by atoms with van der Waals surface area (Å²) in [5, 5.41) is 9.16. The third kappa shape index (κ3) is 3.78. The molecule has 2 N–H and O–H groups in total. The molecule has 0 radical (unpaired) electrons. The molecule has 3 nitrogen and oxygen atoms in total. The van der Waals surface area contributed by atoms with Crippen molar-refractivity contribution in [1.29, 1.82) is 0 Å². The number of benzene rings is 2. The third-order valence-electron chi connectivity index (χ3n) is 6.54. The second kappa shape index (κ2) is 7.40. The summed E-state index contributed by atoms with van der Waals surface area (Å²) in [6, 6.07) is 14.0. The van der Waals surface area contributed by atoms with Gasteiger partial charge in [-0.1, -0.05) is 50.2 Å². The molecule has 1 fully saturated rings. The Labute approximate surface area is 157 Å². The van der Waals surface area contributed by atoms with Gasteiger partial charge in [0.15, 0.2) is 0 Å². The van der Waals surface area contributed by atoms with Gasteiger partial charge in [-0.2, -0.15) is 0 Å². The summed E-state index contributed by atoms with van der Waals surface area (Å²) in [6.45, 7) is 9.94.